The standard InChI is InChI=1S/C15H25ClN4O/c1-4-11-9-7-8-10-12(11)21-15-18-13(16)17-14(19-15)20(5-2)6-3/h11-12H,4-10H2,1-3H3. The smallest absolute Gasteiger partial charge is 0.322 e. The van der Waals surface area contributed by atoms with Crippen molar-refractivity contribution in [1.82, 2.24) is 15.0 Å². The Kier molecular flexibility index (Phi) is 6.03. The van der Waals surface area contributed by atoms with Crippen LogP contribution in [0.4, 0.5) is 5.95 Å². The van der Waals surface area contributed by atoms with E-state index in [-0.39, 0.29) is 11.4 Å². The number of anilines is 1. The molecule has 1 aliphatic rings. The van der Waals surface area contributed by atoms with Crippen LogP contribution >= 0.6 is 11.6 Å². The molecule has 0 bridgehead atoms. The third-order valence-electron chi connectivity index (χ3n) is 4.24. The maximum Gasteiger partial charge on any atom is 0.322 e. The maximum absolute atomic E-state index is 6.05. The summed E-state index contributed by atoms with van der Waals surface area (Å²) in [5, 5.41) is 0.200. The van der Waals surface area contributed by atoms with E-state index in [9.17, 15) is 0 Å². The first-order valence-electron chi connectivity index (χ1n) is 8.01. The number of rotatable bonds is 6. The van der Waals surface area contributed by atoms with Crippen molar-refractivity contribution in [3.8, 4) is 6.01 Å². The van der Waals surface area contributed by atoms with Gasteiger partial charge in [-0.05, 0) is 57.0 Å². The molecule has 1 aromatic heterocycles. The Labute approximate surface area is 132 Å². The van der Waals surface area contributed by atoms with Crippen LogP contribution in [-0.2, 0) is 0 Å². The van der Waals surface area contributed by atoms with Crippen LogP contribution in [0.5, 0.6) is 6.01 Å². The SMILES string of the molecule is CCC1CCCCC1Oc1nc(Cl)nc(N(CC)CC)n1. The van der Waals surface area contributed by atoms with Crippen LogP contribution < -0.4 is 9.64 Å². The fraction of sp³-hybridized carbons (Fsp3) is 0.800. The fourth-order valence-electron chi connectivity index (χ4n) is 2.95. The van der Waals surface area contributed by atoms with Crippen LogP contribution in [0.2, 0.25) is 5.28 Å². The number of halogens is 1. The maximum atomic E-state index is 6.05. The molecule has 0 radical (unpaired) electrons. The zero-order valence-electron chi connectivity index (χ0n) is 13.2. The summed E-state index contributed by atoms with van der Waals surface area (Å²) in [6, 6.07) is 0.363. The highest BCUT2D eigenvalue weighted by Crippen LogP contribution is 2.30. The predicted octanol–water partition coefficient (Wildman–Crippen LogP) is 3.72. The Balaban J connectivity index is 2.15. The van der Waals surface area contributed by atoms with Crippen molar-refractivity contribution in [3.05, 3.63) is 5.28 Å². The van der Waals surface area contributed by atoms with Crippen LogP contribution in [0.25, 0.3) is 0 Å². The van der Waals surface area contributed by atoms with Gasteiger partial charge in [0.2, 0.25) is 11.2 Å². The van der Waals surface area contributed by atoms with Gasteiger partial charge in [0.1, 0.15) is 6.10 Å². The molecule has 0 spiro atoms. The Morgan fingerprint density at radius 2 is 1.81 bits per heavy atom. The second-order valence-corrected chi connectivity index (χ2v) is 5.81. The van der Waals surface area contributed by atoms with Crippen LogP contribution in [0.1, 0.15) is 52.9 Å². The number of aromatic nitrogens is 3. The van der Waals surface area contributed by atoms with E-state index in [0.717, 1.165) is 25.9 Å². The molecule has 0 aromatic carbocycles. The van der Waals surface area contributed by atoms with Gasteiger partial charge in [-0.1, -0.05) is 13.3 Å². The average Bonchev–Trinajstić information content (AvgIpc) is 2.48. The largest absolute Gasteiger partial charge is 0.460 e. The first-order chi connectivity index (χ1) is 10.2. The summed E-state index contributed by atoms with van der Waals surface area (Å²) in [6.07, 6.45) is 6.13. The molecule has 1 saturated carbocycles. The van der Waals surface area contributed by atoms with Crippen LogP contribution in [0.15, 0.2) is 0 Å². The normalized spacial score (nSPS) is 22.1. The molecular weight excluding hydrogens is 288 g/mol. The highest BCUT2D eigenvalue weighted by Gasteiger charge is 2.26. The Morgan fingerprint density at radius 1 is 1.10 bits per heavy atom. The summed E-state index contributed by atoms with van der Waals surface area (Å²) in [5.41, 5.74) is 0. The lowest BCUT2D eigenvalue weighted by Gasteiger charge is -2.30. The van der Waals surface area contributed by atoms with Gasteiger partial charge in [0.25, 0.3) is 0 Å². The molecule has 5 nitrogen and oxygen atoms in total. The lowest BCUT2D eigenvalue weighted by molar-refractivity contribution is 0.0808. The zero-order chi connectivity index (χ0) is 15.2. The van der Waals surface area contributed by atoms with Crippen molar-refractivity contribution in [3.63, 3.8) is 0 Å². The predicted molar refractivity (Wildman–Crippen MR) is 85.1 cm³/mol. The minimum absolute atomic E-state index is 0.200. The lowest BCUT2D eigenvalue weighted by atomic mass is 9.85. The summed E-state index contributed by atoms with van der Waals surface area (Å²) in [5.74, 6) is 1.19. The molecule has 21 heavy (non-hydrogen) atoms. The van der Waals surface area contributed by atoms with Crippen LogP contribution in [-0.4, -0.2) is 34.1 Å². The minimum atomic E-state index is 0.200. The molecule has 118 valence electrons. The Bertz CT molecular complexity index is 453. The first-order valence-corrected chi connectivity index (χ1v) is 8.38. The highest BCUT2D eigenvalue weighted by molar-refractivity contribution is 6.28. The minimum Gasteiger partial charge on any atom is -0.460 e. The van der Waals surface area contributed by atoms with Crippen molar-refractivity contribution in [1.29, 1.82) is 0 Å². The van der Waals surface area contributed by atoms with Crippen molar-refractivity contribution in [2.75, 3.05) is 18.0 Å². The topological polar surface area (TPSA) is 51.1 Å². The summed E-state index contributed by atoms with van der Waals surface area (Å²) < 4.78 is 6.05. The van der Waals surface area contributed by atoms with Gasteiger partial charge in [0, 0.05) is 13.1 Å². The van der Waals surface area contributed by atoms with E-state index >= 15 is 0 Å². The second-order valence-electron chi connectivity index (χ2n) is 5.47. The molecule has 1 aliphatic carbocycles. The number of hydrogen-bond acceptors (Lipinski definition) is 5. The van der Waals surface area contributed by atoms with Gasteiger partial charge < -0.3 is 9.64 Å². The van der Waals surface area contributed by atoms with Gasteiger partial charge in [0.05, 0.1) is 0 Å². The zero-order valence-corrected chi connectivity index (χ0v) is 13.9. The van der Waals surface area contributed by atoms with E-state index in [0.29, 0.717) is 17.9 Å². The molecule has 0 N–H and O–H groups in total. The fourth-order valence-corrected chi connectivity index (χ4v) is 3.10. The third kappa shape index (κ3) is 4.19. The number of ether oxygens (including phenoxy) is 1. The third-order valence-corrected chi connectivity index (χ3v) is 4.41. The van der Waals surface area contributed by atoms with Crippen LogP contribution in [0, 0.1) is 5.92 Å². The quantitative estimate of drug-likeness (QED) is 0.801. The molecule has 1 fully saturated rings. The van der Waals surface area contributed by atoms with Crippen molar-refractivity contribution in [2.24, 2.45) is 5.92 Å². The Hall–Kier alpha value is -1.10. The van der Waals surface area contributed by atoms with Gasteiger partial charge in [-0.3, -0.25) is 0 Å². The lowest BCUT2D eigenvalue weighted by Crippen LogP contribution is -2.31. The van der Waals surface area contributed by atoms with Crippen molar-refractivity contribution < 1.29 is 4.74 Å². The summed E-state index contributed by atoms with van der Waals surface area (Å²) in [6.45, 7) is 8.01. The molecule has 2 atom stereocenters. The van der Waals surface area contributed by atoms with Crippen LogP contribution in [0.3, 0.4) is 0 Å². The van der Waals surface area contributed by atoms with E-state index in [1.165, 1.54) is 19.3 Å². The molecule has 6 heteroatoms. The van der Waals surface area contributed by atoms with Crippen molar-refractivity contribution >= 4 is 17.5 Å². The molecule has 1 aromatic rings. The van der Waals surface area contributed by atoms with E-state index in [1.807, 2.05) is 4.90 Å². The molecular formula is C15H25ClN4O. The number of hydrogen-bond donors (Lipinski definition) is 0. The Morgan fingerprint density at radius 3 is 2.48 bits per heavy atom. The summed E-state index contributed by atoms with van der Waals surface area (Å²) >= 11 is 6.03. The second kappa shape index (κ2) is 7.78. The monoisotopic (exact) mass is 312 g/mol. The van der Waals surface area contributed by atoms with Gasteiger partial charge in [-0.25, -0.2) is 0 Å². The van der Waals surface area contributed by atoms with Gasteiger partial charge in [-0.2, -0.15) is 15.0 Å². The molecule has 1 heterocycles. The average molecular weight is 313 g/mol. The molecule has 0 saturated heterocycles. The summed E-state index contributed by atoms with van der Waals surface area (Å²) in [7, 11) is 0. The van der Waals surface area contributed by atoms with Gasteiger partial charge in [0.15, 0.2) is 0 Å². The molecule has 2 unspecified atom stereocenters. The van der Waals surface area contributed by atoms with E-state index in [4.69, 9.17) is 16.3 Å². The van der Waals surface area contributed by atoms with Crippen molar-refractivity contribution in [2.45, 2.75) is 59.0 Å². The van der Waals surface area contributed by atoms with E-state index in [1.54, 1.807) is 0 Å². The molecule has 2 rings (SSSR count). The van der Waals surface area contributed by atoms with E-state index in [2.05, 4.69) is 35.7 Å². The highest BCUT2D eigenvalue weighted by atomic mass is 35.5. The molecule has 0 aliphatic heterocycles. The van der Waals surface area contributed by atoms with Gasteiger partial charge >= 0.3 is 6.01 Å². The first kappa shape index (κ1) is 16.3. The number of nitrogens with zero attached hydrogens (tertiary/aromatic N) is 4. The summed E-state index contributed by atoms with van der Waals surface area (Å²) in [4.78, 5) is 14.8. The molecule has 0 amide bonds. The van der Waals surface area contributed by atoms with E-state index < -0.39 is 0 Å². The van der Waals surface area contributed by atoms with Gasteiger partial charge in [-0.15, -0.1) is 0 Å².